The molecule has 0 spiro atoms. The van der Waals surface area contributed by atoms with Crippen molar-refractivity contribution in [3.63, 3.8) is 0 Å². The molecule has 3 N–H and O–H groups in total. The zero-order valence-electron chi connectivity index (χ0n) is 10.4. The fraction of sp³-hybridized carbons (Fsp3) is 0.143. The summed E-state index contributed by atoms with van der Waals surface area (Å²) in [4.78, 5) is 0. The molecule has 0 radical (unpaired) electrons. The Morgan fingerprint density at radius 3 is 2.58 bits per heavy atom. The van der Waals surface area contributed by atoms with Crippen LogP contribution >= 0.6 is 23.2 Å². The van der Waals surface area contributed by atoms with Gasteiger partial charge in [0.1, 0.15) is 5.75 Å². The Balaban J connectivity index is 2.17. The van der Waals surface area contributed by atoms with Gasteiger partial charge in [0.25, 0.3) is 0 Å². The molecule has 2 aromatic rings. The summed E-state index contributed by atoms with van der Waals surface area (Å²) in [6.07, 6.45) is 0. The van der Waals surface area contributed by atoms with Crippen molar-refractivity contribution < 1.29 is 4.74 Å². The maximum absolute atomic E-state index is 5.97. The van der Waals surface area contributed by atoms with Crippen molar-refractivity contribution in [3.05, 3.63) is 52.0 Å². The minimum absolute atomic E-state index is 0.446. The highest BCUT2D eigenvalue weighted by atomic mass is 35.5. The van der Waals surface area contributed by atoms with E-state index < -0.39 is 0 Å². The molecular formula is C14H14Cl2N2O. The van der Waals surface area contributed by atoms with E-state index in [0.29, 0.717) is 22.3 Å². The van der Waals surface area contributed by atoms with Crippen LogP contribution in [-0.2, 0) is 6.54 Å². The lowest BCUT2D eigenvalue weighted by atomic mass is 10.2. The number of nitrogens with two attached hydrogens (primary N) is 1. The molecule has 0 amide bonds. The predicted molar refractivity (Wildman–Crippen MR) is 81.2 cm³/mol. The van der Waals surface area contributed by atoms with Crippen LogP contribution in [0.3, 0.4) is 0 Å². The summed E-state index contributed by atoms with van der Waals surface area (Å²) in [6.45, 7) is 0.589. The first-order valence-electron chi connectivity index (χ1n) is 5.72. The molecule has 2 rings (SSSR count). The van der Waals surface area contributed by atoms with Crippen LogP contribution < -0.4 is 15.8 Å². The number of benzene rings is 2. The topological polar surface area (TPSA) is 47.3 Å². The Bertz CT molecular complexity index is 588. The van der Waals surface area contributed by atoms with Crippen molar-refractivity contribution in [1.29, 1.82) is 0 Å². The number of nitrogens with one attached hydrogen (secondary N) is 1. The lowest BCUT2D eigenvalue weighted by Gasteiger charge is -2.13. The third-order valence-corrected chi connectivity index (χ3v) is 3.48. The molecule has 100 valence electrons. The average molecular weight is 297 g/mol. The Hall–Kier alpha value is -1.58. The summed E-state index contributed by atoms with van der Waals surface area (Å²) in [5, 5.41) is 4.14. The summed E-state index contributed by atoms with van der Waals surface area (Å²) >= 11 is 11.9. The van der Waals surface area contributed by atoms with Gasteiger partial charge in [0.05, 0.1) is 28.5 Å². The molecule has 0 unspecified atom stereocenters. The van der Waals surface area contributed by atoms with Crippen molar-refractivity contribution in [3.8, 4) is 5.75 Å². The van der Waals surface area contributed by atoms with Crippen molar-refractivity contribution in [2.75, 3.05) is 18.2 Å². The lowest BCUT2D eigenvalue weighted by Crippen LogP contribution is -2.04. The van der Waals surface area contributed by atoms with Crippen molar-refractivity contribution in [1.82, 2.24) is 0 Å². The van der Waals surface area contributed by atoms with Crippen LogP contribution in [0.5, 0.6) is 5.75 Å². The van der Waals surface area contributed by atoms with Gasteiger partial charge in [0, 0.05) is 12.1 Å². The number of ether oxygens (including phenoxy) is 1. The monoisotopic (exact) mass is 296 g/mol. The van der Waals surface area contributed by atoms with Crippen LogP contribution in [0.4, 0.5) is 11.4 Å². The van der Waals surface area contributed by atoms with Crippen molar-refractivity contribution >= 4 is 34.6 Å². The Kier molecular flexibility index (Phi) is 4.40. The van der Waals surface area contributed by atoms with Gasteiger partial charge in [-0.1, -0.05) is 41.4 Å². The van der Waals surface area contributed by atoms with Gasteiger partial charge in [-0.15, -0.1) is 0 Å². The summed E-state index contributed by atoms with van der Waals surface area (Å²) < 4.78 is 5.29. The Morgan fingerprint density at radius 1 is 1.16 bits per heavy atom. The Labute approximate surface area is 122 Å². The highest BCUT2D eigenvalue weighted by Crippen LogP contribution is 2.31. The van der Waals surface area contributed by atoms with Gasteiger partial charge >= 0.3 is 0 Å². The van der Waals surface area contributed by atoms with E-state index >= 15 is 0 Å². The SMILES string of the molecule is COc1ccccc1CNc1cc(Cl)c(Cl)cc1N. The van der Waals surface area contributed by atoms with Crippen LogP contribution in [0.1, 0.15) is 5.56 Å². The maximum Gasteiger partial charge on any atom is 0.123 e. The number of hydrogen-bond acceptors (Lipinski definition) is 3. The molecule has 3 nitrogen and oxygen atoms in total. The van der Waals surface area contributed by atoms with E-state index in [9.17, 15) is 0 Å². The van der Waals surface area contributed by atoms with Gasteiger partial charge in [0.15, 0.2) is 0 Å². The van der Waals surface area contributed by atoms with E-state index in [-0.39, 0.29) is 0 Å². The van der Waals surface area contributed by atoms with Crippen LogP contribution in [0.2, 0.25) is 10.0 Å². The molecule has 0 saturated heterocycles. The van der Waals surface area contributed by atoms with Crippen molar-refractivity contribution in [2.45, 2.75) is 6.54 Å². The van der Waals surface area contributed by atoms with Crippen molar-refractivity contribution in [2.24, 2.45) is 0 Å². The van der Waals surface area contributed by atoms with Gasteiger partial charge in [-0.2, -0.15) is 0 Å². The van der Waals surface area contributed by atoms with Gasteiger partial charge in [-0.3, -0.25) is 0 Å². The zero-order valence-corrected chi connectivity index (χ0v) is 11.9. The molecule has 2 aromatic carbocycles. The minimum atomic E-state index is 0.446. The van der Waals surface area contributed by atoms with Gasteiger partial charge in [0.2, 0.25) is 0 Å². The number of hydrogen-bond donors (Lipinski definition) is 2. The molecule has 0 aliphatic rings. The van der Waals surface area contributed by atoms with Gasteiger partial charge in [-0.25, -0.2) is 0 Å². The van der Waals surface area contributed by atoms with E-state index in [0.717, 1.165) is 17.0 Å². The summed E-state index contributed by atoms with van der Waals surface area (Å²) in [7, 11) is 1.65. The first-order valence-corrected chi connectivity index (χ1v) is 6.47. The molecule has 19 heavy (non-hydrogen) atoms. The highest BCUT2D eigenvalue weighted by Gasteiger charge is 2.06. The normalized spacial score (nSPS) is 10.3. The van der Waals surface area contributed by atoms with E-state index in [1.165, 1.54) is 0 Å². The second kappa shape index (κ2) is 6.04. The molecule has 0 aromatic heterocycles. The van der Waals surface area contributed by atoms with Crippen LogP contribution in [0.25, 0.3) is 0 Å². The number of halogens is 2. The molecule has 0 saturated carbocycles. The summed E-state index contributed by atoms with van der Waals surface area (Å²) in [5.74, 6) is 0.827. The first kappa shape index (κ1) is 13.8. The van der Waals surface area contributed by atoms with E-state index in [4.69, 9.17) is 33.7 Å². The zero-order chi connectivity index (χ0) is 13.8. The molecule has 0 bridgehead atoms. The average Bonchev–Trinajstić information content (AvgIpc) is 2.41. The molecular weight excluding hydrogens is 283 g/mol. The number of anilines is 2. The molecule has 0 heterocycles. The number of nitrogen functional groups attached to an aromatic ring is 1. The van der Waals surface area contributed by atoms with Gasteiger partial charge in [-0.05, 0) is 18.2 Å². The second-order valence-electron chi connectivity index (χ2n) is 4.02. The molecule has 0 atom stereocenters. The highest BCUT2D eigenvalue weighted by molar-refractivity contribution is 6.42. The van der Waals surface area contributed by atoms with Gasteiger partial charge < -0.3 is 15.8 Å². The lowest BCUT2D eigenvalue weighted by molar-refractivity contribution is 0.410. The van der Waals surface area contributed by atoms with E-state index in [1.54, 1.807) is 19.2 Å². The number of rotatable bonds is 4. The standard InChI is InChI=1S/C14H14Cl2N2O/c1-19-14-5-3-2-4-9(14)8-18-13-7-11(16)10(15)6-12(13)17/h2-7,18H,8,17H2,1H3. The first-order chi connectivity index (χ1) is 9.11. The Morgan fingerprint density at radius 2 is 1.84 bits per heavy atom. The van der Waals surface area contributed by atoms with Crippen LogP contribution in [0.15, 0.2) is 36.4 Å². The molecule has 5 heteroatoms. The molecule has 0 aliphatic carbocycles. The summed E-state index contributed by atoms with van der Waals surface area (Å²) in [6, 6.07) is 11.1. The minimum Gasteiger partial charge on any atom is -0.496 e. The number of para-hydroxylation sites is 1. The van der Waals surface area contributed by atoms with Crippen LogP contribution in [0, 0.1) is 0 Å². The third kappa shape index (κ3) is 3.25. The quantitative estimate of drug-likeness (QED) is 0.832. The molecule has 0 aliphatic heterocycles. The number of methoxy groups -OCH3 is 1. The second-order valence-corrected chi connectivity index (χ2v) is 4.83. The smallest absolute Gasteiger partial charge is 0.123 e. The van der Waals surface area contributed by atoms with Crippen LogP contribution in [-0.4, -0.2) is 7.11 Å². The fourth-order valence-electron chi connectivity index (χ4n) is 1.75. The predicted octanol–water partition coefficient (Wildman–Crippen LogP) is 4.20. The maximum atomic E-state index is 5.97. The third-order valence-electron chi connectivity index (χ3n) is 2.75. The summed E-state index contributed by atoms with van der Waals surface area (Å²) in [5.41, 5.74) is 8.24. The van der Waals surface area contributed by atoms with E-state index in [2.05, 4.69) is 5.32 Å². The molecule has 0 fully saturated rings. The fourth-order valence-corrected chi connectivity index (χ4v) is 2.09. The largest absolute Gasteiger partial charge is 0.496 e. The van der Waals surface area contributed by atoms with E-state index in [1.807, 2.05) is 24.3 Å².